The Labute approximate surface area is 115 Å². The van der Waals surface area contributed by atoms with E-state index in [0.717, 1.165) is 24.7 Å². The van der Waals surface area contributed by atoms with E-state index >= 15 is 0 Å². The lowest BCUT2D eigenvalue weighted by atomic mass is 9.97. The fourth-order valence-electron chi connectivity index (χ4n) is 2.53. The highest BCUT2D eigenvalue weighted by Crippen LogP contribution is 2.28. The number of hydrogen-bond acceptors (Lipinski definition) is 2. The summed E-state index contributed by atoms with van der Waals surface area (Å²) in [4.78, 5) is 2.42. The molecule has 2 rings (SSSR count). The quantitative estimate of drug-likeness (QED) is 0.901. The summed E-state index contributed by atoms with van der Waals surface area (Å²) in [5.41, 5.74) is 2.46. The van der Waals surface area contributed by atoms with E-state index in [1.807, 2.05) is 6.07 Å². The maximum absolute atomic E-state index is 6.33. The fourth-order valence-corrected chi connectivity index (χ4v) is 2.76. The van der Waals surface area contributed by atoms with Gasteiger partial charge in [-0.3, -0.25) is 0 Å². The molecule has 1 N–H and O–H groups in total. The molecule has 0 spiro atoms. The summed E-state index contributed by atoms with van der Waals surface area (Å²) in [6, 6.07) is 6.84. The third kappa shape index (κ3) is 2.99. The van der Waals surface area contributed by atoms with E-state index in [9.17, 15) is 0 Å². The number of hydrogen-bond donors (Lipinski definition) is 1. The normalized spacial score (nSPS) is 22.0. The van der Waals surface area contributed by atoms with Crippen LogP contribution in [0.15, 0.2) is 18.2 Å². The number of anilines is 1. The highest BCUT2D eigenvalue weighted by Gasteiger charge is 2.24. The lowest BCUT2D eigenvalue weighted by Gasteiger charge is -2.38. The molecule has 1 aliphatic heterocycles. The highest BCUT2D eigenvalue weighted by atomic mass is 35.5. The van der Waals surface area contributed by atoms with Gasteiger partial charge in [0.15, 0.2) is 0 Å². The maximum atomic E-state index is 6.33. The molecule has 3 heteroatoms. The van der Waals surface area contributed by atoms with Crippen LogP contribution in [0.25, 0.3) is 0 Å². The highest BCUT2D eigenvalue weighted by molar-refractivity contribution is 6.33. The zero-order chi connectivity index (χ0) is 13.1. The molecular weight excluding hydrogens is 244 g/mol. The SMILES string of the molecule is CCC(C)C1CN(c2cc(C)ccc2Cl)CCN1. The van der Waals surface area contributed by atoms with Gasteiger partial charge in [0.2, 0.25) is 0 Å². The Bertz CT molecular complexity index is 405. The van der Waals surface area contributed by atoms with E-state index in [4.69, 9.17) is 11.6 Å². The molecule has 0 bridgehead atoms. The molecule has 0 amide bonds. The molecule has 1 aliphatic rings. The van der Waals surface area contributed by atoms with Crippen molar-refractivity contribution in [2.24, 2.45) is 5.92 Å². The largest absolute Gasteiger partial charge is 0.367 e. The Hall–Kier alpha value is -0.730. The Morgan fingerprint density at radius 3 is 3.00 bits per heavy atom. The first-order valence-corrected chi connectivity index (χ1v) is 7.24. The van der Waals surface area contributed by atoms with Gasteiger partial charge in [0.05, 0.1) is 10.7 Å². The monoisotopic (exact) mass is 266 g/mol. The van der Waals surface area contributed by atoms with E-state index in [2.05, 4.69) is 43.1 Å². The van der Waals surface area contributed by atoms with Crippen molar-refractivity contribution in [3.05, 3.63) is 28.8 Å². The predicted octanol–water partition coefficient (Wildman–Crippen LogP) is 3.47. The first-order valence-electron chi connectivity index (χ1n) is 6.86. The molecule has 1 saturated heterocycles. The standard InChI is InChI=1S/C15H23ClN2/c1-4-12(3)14-10-18(8-7-17-14)15-9-11(2)5-6-13(15)16/h5-6,9,12,14,17H,4,7-8,10H2,1-3H3. The molecule has 2 unspecified atom stereocenters. The molecule has 0 aliphatic carbocycles. The second-order valence-corrected chi connectivity index (χ2v) is 5.75. The van der Waals surface area contributed by atoms with Crippen LogP contribution in [0.4, 0.5) is 5.69 Å². The zero-order valence-electron chi connectivity index (χ0n) is 11.5. The van der Waals surface area contributed by atoms with E-state index in [0.29, 0.717) is 12.0 Å². The van der Waals surface area contributed by atoms with Crippen LogP contribution < -0.4 is 10.2 Å². The van der Waals surface area contributed by atoms with Crippen molar-refractivity contribution in [1.29, 1.82) is 0 Å². The molecule has 18 heavy (non-hydrogen) atoms. The Morgan fingerprint density at radius 1 is 1.50 bits per heavy atom. The van der Waals surface area contributed by atoms with Crippen LogP contribution in [0.5, 0.6) is 0 Å². The average molecular weight is 267 g/mol. The van der Waals surface area contributed by atoms with E-state index in [1.54, 1.807) is 0 Å². The van der Waals surface area contributed by atoms with Crippen molar-refractivity contribution in [2.75, 3.05) is 24.5 Å². The summed E-state index contributed by atoms with van der Waals surface area (Å²) >= 11 is 6.33. The molecule has 1 aromatic rings. The van der Waals surface area contributed by atoms with Gasteiger partial charge >= 0.3 is 0 Å². The number of rotatable bonds is 3. The van der Waals surface area contributed by atoms with Gasteiger partial charge in [-0.05, 0) is 30.5 Å². The minimum absolute atomic E-state index is 0.570. The van der Waals surface area contributed by atoms with E-state index in [1.165, 1.54) is 17.7 Å². The third-order valence-electron chi connectivity index (χ3n) is 3.98. The van der Waals surface area contributed by atoms with E-state index in [-0.39, 0.29) is 0 Å². The smallest absolute Gasteiger partial charge is 0.0639 e. The molecule has 0 saturated carbocycles. The van der Waals surface area contributed by atoms with Gasteiger partial charge in [0.25, 0.3) is 0 Å². The first kappa shape index (κ1) is 13.7. The Balaban J connectivity index is 2.15. The number of benzene rings is 1. The molecule has 1 aromatic carbocycles. The molecular formula is C15H23ClN2. The lowest BCUT2D eigenvalue weighted by molar-refractivity contribution is 0.342. The van der Waals surface area contributed by atoms with Crippen LogP contribution >= 0.6 is 11.6 Å². The van der Waals surface area contributed by atoms with Gasteiger partial charge in [0.1, 0.15) is 0 Å². The molecule has 2 atom stereocenters. The molecule has 1 heterocycles. The van der Waals surface area contributed by atoms with Crippen molar-refractivity contribution in [3.8, 4) is 0 Å². The summed E-state index contributed by atoms with van der Waals surface area (Å²) in [6.07, 6.45) is 1.22. The van der Waals surface area contributed by atoms with Crippen LogP contribution in [0, 0.1) is 12.8 Å². The van der Waals surface area contributed by atoms with Crippen LogP contribution in [0.3, 0.4) is 0 Å². The summed E-state index contributed by atoms with van der Waals surface area (Å²) in [5, 5.41) is 4.48. The molecule has 2 nitrogen and oxygen atoms in total. The Kier molecular flexibility index (Phi) is 4.52. The second-order valence-electron chi connectivity index (χ2n) is 5.35. The number of piperazine rings is 1. The van der Waals surface area contributed by atoms with Gasteiger partial charge in [-0.1, -0.05) is 37.9 Å². The van der Waals surface area contributed by atoms with Gasteiger partial charge in [0, 0.05) is 25.7 Å². The van der Waals surface area contributed by atoms with Gasteiger partial charge in [-0.2, -0.15) is 0 Å². The van der Waals surface area contributed by atoms with Crippen molar-refractivity contribution in [1.82, 2.24) is 5.32 Å². The van der Waals surface area contributed by atoms with Crippen molar-refractivity contribution >= 4 is 17.3 Å². The van der Waals surface area contributed by atoms with Crippen LogP contribution in [0.1, 0.15) is 25.8 Å². The maximum Gasteiger partial charge on any atom is 0.0639 e. The number of nitrogens with one attached hydrogen (secondary N) is 1. The number of nitrogens with zero attached hydrogens (tertiary/aromatic N) is 1. The van der Waals surface area contributed by atoms with Crippen LogP contribution in [-0.2, 0) is 0 Å². The van der Waals surface area contributed by atoms with Crippen LogP contribution in [-0.4, -0.2) is 25.7 Å². The summed E-state index contributed by atoms with van der Waals surface area (Å²) in [5.74, 6) is 0.705. The third-order valence-corrected chi connectivity index (χ3v) is 4.30. The van der Waals surface area contributed by atoms with Gasteiger partial charge < -0.3 is 10.2 Å². The molecule has 100 valence electrons. The first-order chi connectivity index (χ1) is 8.61. The van der Waals surface area contributed by atoms with Crippen molar-refractivity contribution in [2.45, 2.75) is 33.2 Å². The summed E-state index contributed by atoms with van der Waals surface area (Å²) < 4.78 is 0. The molecule has 0 aromatic heterocycles. The minimum atomic E-state index is 0.570. The van der Waals surface area contributed by atoms with Crippen LogP contribution in [0.2, 0.25) is 5.02 Å². The van der Waals surface area contributed by atoms with Crippen molar-refractivity contribution in [3.63, 3.8) is 0 Å². The number of halogens is 1. The van der Waals surface area contributed by atoms with Gasteiger partial charge in [-0.25, -0.2) is 0 Å². The topological polar surface area (TPSA) is 15.3 Å². The average Bonchev–Trinajstić information content (AvgIpc) is 2.40. The molecule has 1 fully saturated rings. The number of aryl methyl sites for hydroxylation is 1. The zero-order valence-corrected chi connectivity index (χ0v) is 12.3. The predicted molar refractivity (Wildman–Crippen MR) is 79.6 cm³/mol. The molecule has 0 radical (unpaired) electrons. The van der Waals surface area contributed by atoms with Gasteiger partial charge in [-0.15, -0.1) is 0 Å². The Morgan fingerprint density at radius 2 is 2.28 bits per heavy atom. The minimum Gasteiger partial charge on any atom is -0.367 e. The van der Waals surface area contributed by atoms with E-state index < -0.39 is 0 Å². The van der Waals surface area contributed by atoms with Crippen molar-refractivity contribution < 1.29 is 0 Å². The summed E-state index contributed by atoms with van der Waals surface area (Å²) in [6.45, 7) is 9.83. The summed E-state index contributed by atoms with van der Waals surface area (Å²) in [7, 11) is 0. The lowest BCUT2D eigenvalue weighted by Crippen LogP contribution is -2.53. The fraction of sp³-hybridized carbons (Fsp3) is 0.600. The second kappa shape index (κ2) is 5.94.